The van der Waals surface area contributed by atoms with E-state index in [0.29, 0.717) is 0 Å². The molecule has 14 heavy (non-hydrogen) atoms. The number of hydrogen-bond acceptors (Lipinski definition) is 2. The molecule has 0 bridgehead atoms. The molecule has 2 heteroatoms. The molecular formula is C12H18N2. The molecule has 0 saturated carbocycles. The zero-order valence-corrected chi connectivity index (χ0v) is 9.12. The molecule has 0 spiro atoms. The van der Waals surface area contributed by atoms with Crippen molar-refractivity contribution in [3.05, 3.63) is 29.8 Å². The highest BCUT2D eigenvalue weighted by Crippen LogP contribution is 2.22. The number of rotatable bonds is 3. The minimum Gasteiger partial charge on any atom is -0.398 e. The minimum atomic E-state index is 0.163. The van der Waals surface area contributed by atoms with E-state index in [1.807, 2.05) is 24.3 Å². The van der Waals surface area contributed by atoms with Crippen LogP contribution in [0.1, 0.15) is 38.8 Å². The zero-order chi connectivity index (χ0) is 10.6. The van der Waals surface area contributed by atoms with Crippen LogP contribution in [-0.2, 0) is 0 Å². The van der Waals surface area contributed by atoms with Crippen LogP contribution in [0.5, 0.6) is 0 Å². The first-order valence-electron chi connectivity index (χ1n) is 5.02. The first kappa shape index (κ1) is 10.8. The second-order valence-electron chi connectivity index (χ2n) is 3.52. The summed E-state index contributed by atoms with van der Waals surface area (Å²) in [5.74, 6) is 0. The summed E-state index contributed by atoms with van der Waals surface area (Å²) in [4.78, 5) is 4.56. The van der Waals surface area contributed by atoms with Crippen LogP contribution in [0.4, 0.5) is 5.69 Å². The lowest BCUT2D eigenvalue weighted by Crippen LogP contribution is -1.99. The van der Waals surface area contributed by atoms with Gasteiger partial charge in [-0.15, -0.1) is 0 Å². The number of aliphatic imine (C=N–C) groups is 1. The Balaban J connectivity index is 2.90. The van der Waals surface area contributed by atoms with Crippen LogP contribution in [0, 0.1) is 0 Å². The lowest BCUT2D eigenvalue weighted by atomic mass is 10.1. The summed E-state index contributed by atoms with van der Waals surface area (Å²) in [6.07, 6.45) is 0.997. The van der Waals surface area contributed by atoms with E-state index in [0.717, 1.165) is 17.7 Å². The van der Waals surface area contributed by atoms with Gasteiger partial charge in [-0.05, 0) is 31.9 Å². The average Bonchev–Trinajstić information content (AvgIpc) is 2.18. The molecule has 1 aromatic rings. The second-order valence-corrected chi connectivity index (χ2v) is 3.52. The third-order valence-corrected chi connectivity index (χ3v) is 2.37. The van der Waals surface area contributed by atoms with E-state index in [1.54, 1.807) is 0 Å². The van der Waals surface area contributed by atoms with Crippen molar-refractivity contribution in [2.75, 3.05) is 5.73 Å². The monoisotopic (exact) mass is 190 g/mol. The van der Waals surface area contributed by atoms with Gasteiger partial charge in [0.2, 0.25) is 0 Å². The average molecular weight is 190 g/mol. The van der Waals surface area contributed by atoms with E-state index in [2.05, 4.69) is 25.8 Å². The molecule has 0 saturated heterocycles. The molecule has 0 aliphatic carbocycles. The molecule has 1 aromatic carbocycles. The Labute approximate surface area is 85.9 Å². The van der Waals surface area contributed by atoms with Crippen LogP contribution in [0.2, 0.25) is 0 Å². The summed E-state index contributed by atoms with van der Waals surface area (Å²) in [5, 5.41) is 0. The third-order valence-electron chi connectivity index (χ3n) is 2.37. The highest BCUT2D eigenvalue weighted by Gasteiger charge is 2.06. The fourth-order valence-corrected chi connectivity index (χ4v) is 1.38. The van der Waals surface area contributed by atoms with Crippen LogP contribution in [0.15, 0.2) is 29.3 Å². The maximum atomic E-state index is 5.87. The van der Waals surface area contributed by atoms with Crippen molar-refractivity contribution in [1.29, 1.82) is 0 Å². The standard InChI is InChI=1S/C12H18N2/c1-4-9(2)14-10(3)11-7-5-6-8-12(11)13/h5-8,10H,4,13H2,1-3H3. The van der Waals surface area contributed by atoms with Crippen molar-refractivity contribution in [1.82, 2.24) is 0 Å². The SMILES string of the molecule is CCC(C)=NC(C)c1ccccc1N. The normalized spacial score (nSPS) is 14.1. The van der Waals surface area contributed by atoms with E-state index < -0.39 is 0 Å². The van der Waals surface area contributed by atoms with Gasteiger partial charge in [0, 0.05) is 11.4 Å². The van der Waals surface area contributed by atoms with Gasteiger partial charge in [-0.2, -0.15) is 0 Å². The fraction of sp³-hybridized carbons (Fsp3) is 0.417. The van der Waals surface area contributed by atoms with Crippen LogP contribution in [-0.4, -0.2) is 5.71 Å². The smallest absolute Gasteiger partial charge is 0.0740 e. The molecule has 0 aromatic heterocycles. The molecule has 2 nitrogen and oxygen atoms in total. The molecule has 0 amide bonds. The van der Waals surface area contributed by atoms with Crippen molar-refractivity contribution in [2.45, 2.75) is 33.2 Å². The number of anilines is 1. The molecule has 76 valence electrons. The summed E-state index contributed by atoms with van der Waals surface area (Å²) in [7, 11) is 0. The summed E-state index contributed by atoms with van der Waals surface area (Å²) in [5.41, 5.74) is 8.97. The van der Waals surface area contributed by atoms with E-state index in [9.17, 15) is 0 Å². The van der Waals surface area contributed by atoms with E-state index in [4.69, 9.17) is 5.73 Å². The van der Waals surface area contributed by atoms with Gasteiger partial charge in [0.25, 0.3) is 0 Å². The number of hydrogen-bond donors (Lipinski definition) is 1. The number of benzene rings is 1. The molecule has 0 aliphatic rings. The van der Waals surface area contributed by atoms with Crippen molar-refractivity contribution in [2.24, 2.45) is 4.99 Å². The lowest BCUT2D eigenvalue weighted by Gasteiger charge is -2.10. The first-order chi connectivity index (χ1) is 6.65. The molecule has 1 unspecified atom stereocenters. The Morgan fingerprint density at radius 3 is 2.64 bits per heavy atom. The highest BCUT2D eigenvalue weighted by molar-refractivity contribution is 5.81. The quantitative estimate of drug-likeness (QED) is 0.577. The molecule has 1 atom stereocenters. The van der Waals surface area contributed by atoms with Crippen LogP contribution < -0.4 is 5.73 Å². The van der Waals surface area contributed by atoms with Crippen LogP contribution >= 0.6 is 0 Å². The molecular weight excluding hydrogens is 172 g/mol. The van der Waals surface area contributed by atoms with E-state index in [1.165, 1.54) is 5.71 Å². The second kappa shape index (κ2) is 4.80. The Morgan fingerprint density at radius 2 is 2.07 bits per heavy atom. The van der Waals surface area contributed by atoms with Crippen LogP contribution in [0.3, 0.4) is 0 Å². The van der Waals surface area contributed by atoms with Gasteiger partial charge in [0.1, 0.15) is 0 Å². The van der Waals surface area contributed by atoms with Gasteiger partial charge in [0.05, 0.1) is 6.04 Å². The van der Waals surface area contributed by atoms with Gasteiger partial charge in [-0.1, -0.05) is 25.1 Å². The van der Waals surface area contributed by atoms with Gasteiger partial charge in [0.15, 0.2) is 0 Å². The predicted molar refractivity (Wildman–Crippen MR) is 62.7 cm³/mol. The molecule has 0 aliphatic heterocycles. The van der Waals surface area contributed by atoms with E-state index in [-0.39, 0.29) is 6.04 Å². The predicted octanol–water partition coefficient (Wildman–Crippen LogP) is 3.20. The maximum Gasteiger partial charge on any atom is 0.0740 e. The van der Waals surface area contributed by atoms with Gasteiger partial charge in [-0.25, -0.2) is 0 Å². The lowest BCUT2D eigenvalue weighted by molar-refractivity contribution is 0.817. The number of nitrogens with zero attached hydrogens (tertiary/aromatic N) is 1. The largest absolute Gasteiger partial charge is 0.398 e. The van der Waals surface area contributed by atoms with Gasteiger partial charge in [-0.3, -0.25) is 4.99 Å². The Kier molecular flexibility index (Phi) is 3.69. The Morgan fingerprint density at radius 1 is 1.43 bits per heavy atom. The Hall–Kier alpha value is -1.31. The Bertz CT molecular complexity index is 329. The highest BCUT2D eigenvalue weighted by atomic mass is 14.8. The minimum absolute atomic E-state index is 0.163. The molecule has 1 rings (SSSR count). The maximum absolute atomic E-state index is 5.87. The fourth-order valence-electron chi connectivity index (χ4n) is 1.38. The zero-order valence-electron chi connectivity index (χ0n) is 9.12. The van der Waals surface area contributed by atoms with Crippen molar-refractivity contribution >= 4 is 11.4 Å². The molecule has 0 radical (unpaired) electrons. The van der Waals surface area contributed by atoms with Gasteiger partial charge >= 0.3 is 0 Å². The molecule has 0 fully saturated rings. The van der Waals surface area contributed by atoms with Gasteiger partial charge < -0.3 is 5.73 Å². The number of para-hydroxylation sites is 1. The molecule has 0 heterocycles. The van der Waals surface area contributed by atoms with E-state index >= 15 is 0 Å². The summed E-state index contributed by atoms with van der Waals surface area (Å²) < 4.78 is 0. The number of nitrogens with two attached hydrogens (primary N) is 1. The third kappa shape index (κ3) is 2.59. The first-order valence-corrected chi connectivity index (χ1v) is 5.02. The topological polar surface area (TPSA) is 38.4 Å². The summed E-state index contributed by atoms with van der Waals surface area (Å²) >= 11 is 0. The summed E-state index contributed by atoms with van der Waals surface area (Å²) in [6, 6.07) is 8.06. The van der Waals surface area contributed by atoms with Crippen molar-refractivity contribution in [3.8, 4) is 0 Å². The summed E-state index contributed by atoms with van der Waals surface area (Å²) in [6.45, 7) is 6.24. The van der Waals surface area contributed by atoms with Crippen molar-refractivity contribution in [3.63, 3.8) is 0 Å². The number of nitrogen functional groups attached to an aromatic ring is 1. The molecule has 2 N–H and O–H groups in total. The van der Waals surface area contributed by atoms with Crippen molar-refractivity contribution < 1.29 is 0 Å². The van der Waals surface area contributed by atoms with Crippen LogP contribution in [0.25, 0.3) is 0 Å².